The van der Waals surface area contributed by atoms with Gasteiger partial charge in [-0.15, -0.1) is 0 Å². The summed E-state index contributed by atoms with van der Waals surface area (Å²) in [6, 6.07) is 5.68. The van der Waals surface area contributed by atoms with Crippen molar-refractivity contribution >= 4 is 5.91 Å². The third-order valence-corrected chi connectivity index (χ3v) is 4.66. The lowest BCUT2D eigenvalue weighted by Gasteiger charge is -2.36. The predicted molar refractivity (Wildman–Crippen MR) is 107 cm³/mol. The maximum atomic E-state index is 13.5. The summed E-state index contributed by atoms with van der Waals surface area (Å²) in [7, 11) is 1.57. The Balaban J connectivity index is 1.94. The number of hydrogen-bond acceptors (Lipinski definition) is 6. The van der Waals surface area contributed by atoms with Crippen molar-refractivity contribution in [3.8, 4) is 0 Å². The summed E-state index contributed by atoms with van der Waals surface area (Å²) in [6.07, 6.45) is -0.698. The number of benzene rings is 1. The number of carbonyl (C=O) groups is 1. The van der Waals surface area contributed by atoms with Crippen LogP contribution in [0.3, 0.4) is 0 Å². The lowest BCUT2D eigenvalue weighted by atomic mass is 10.1. The molecule has 164 valence electrons. The number of β-amino-alcohol motifs (C(OH)–C–C–N with tert-alkyl or cyclic N) is 1. The van der Waals surface area contributed by atoms with E-state index in [0.717, 1.165) is 0 Å². The number of hydrogen-bond donors (Lipinski definition) is 1. The van der Waals surface area contributed by atoms with E-state index in [1.807, 2.05) is 13.8 Å². The van der Waals surface area contributed by atoms with Crippen LogP contribution < -0.4 is 0 Å². The highest BCUT2D eigenvalue weighted by atomic mass is 19.1. The molecule has 0 saturated carbocycles. The maximum absolute atomic E-state index is 13.5. The number of methoxy groups -OCH3 is 1. The van der Waals surface area contributed by atoms with Crippen LogP contribution in [0.2, 0.25) is 0 Å². The van der Waals surface area contributed by atoms with Crippen molar-refractivity contribution in [3.63, 3.8) is 0 Å². The summed E-state index contributed by atoms with van der Waals surface area (Å²) in [6.45, 7) is 7.61. The summed E-state index contributed by atoms with van der Waals surface area (Å²) in [5.41, 5.74) is 0.301. The van der Waals surface area contributed by atoms with Gasteiger partial charge in [0.1, 0.15) is 5.82 Å². The molecule has 1 aromatic rings. The molecule has 1 saturated heterocycles. The summed E-state index contributed by atoms with van der Waals surface area (Å²) in [5, 5.41) is 10.2. The molecule has 0 radical (unpaired) electrons. The summed E-state index contributed by atoms with van der Waals surface area (Å²) in [4.78, 5) is 16.6. The molecule has 0 aliphatic carbocycles. The molecule has 7 nitrogen and oxygen atoms in total. The van der Waals surface area contributed by atoms with E-state index in [4.69, 9.17) is 14.2 Å². The van der Waals surface area contributed by atoms with Gasteiger partial charge in [-0.3, -0.25) is 9.69 Å². The minimum atomic E-state index is -0.574. The largest absolute Gasteiger partial charge is 0.389 e. The van der Waals surface area contributed by atoms with Gasteiger partial charge in [-0.05, 0) is 32.0 Å². The topological polar surface area (TPSA) is 71.5 Å². The van der Waals surface area contributed by atoms with E-state index in [0.29, 0.717) is 51.5 Å². The fraction of sp³-hybridized carbons (Fsp3) is 0.667. The van der Waals surface area contributed by atoms with Gasteiger partial charge >= 0.3 is 0 Å². The highest BCUT2D eigenvalue weighted by Crippen LogP contribution is 2.12. The molecule has 0 aromatic heterocycles. The molecule has 1 heterocycles. The number of halogens is 1. The van der Waals surface area contributed by atoms with Crippen LogP contribution in [-0.2, 0) is 14.2 Å². The Morgan fingerprint density at radius 3 is 2.93 bits per heavy atom. The first-order valence-electron chi connectivity index (χ1n) is 10.1. The molecule has 1 amide bonds. The van der Waals surface area contributed by atoms with E-state index in [1.54, 1.807) is 18.1 Å². The van der Waals surface area contributed by atoms with Crippen LogP contribution in [0.15, 0.2) is 24.3 Å². The Morgan fingerprint density at radius 1 is 1.45 bits per heavy atom. The predicted octanol–water partition coefficient (Wildman–Crippen LogP) is 1.40. The fourth-order valence-corrected chi connectivity index (χ4v) is 3.24. The smallest absolute Gasteiger partial charge is 0.254 e. The zero-order valence-corrected chi connectivity index (χ0v) is 17.6. The average molecular weight is 413 g/mol. The number of aliphatic hydroxyl groups is 1. The molecular formula is C21H33FN2O5. The minimum absolute atomic E-state index is 0.0743. The van der Waals surface area contributed by atoms with E-state index >= 15 is 0 Å². The molecule has 1 aliphatic heterocycles. The standard InChI is InChI=1S/C21H33FN2O5/c1-16(2)29-15-19(25)12-23-7-10-28-20(13-23)14-24(8-9-27-3)21(26)17-5-4-6-18(22)11-17/h4-6,11,16,19-20,25H,7-10,12-15H2,1-3H3. The third kappa shape index (κ3) is 8.36. The van der Waals surface area contributed by atoms with Gasteiger partial charge in [0.05, 0.1) is 38.1 Å². The fourth-order valence-electron chi connectivity index (χ4n) is 3.24. The highest BCUT2D eigenvalue weighted by molar-refractivity contribution is 5.94. The Kier molecular flexibility index (Phi) is 9.96. The van der Waals surface area contributed by atoms with Gasteiger partial charge in [-0.25, -0.2) is 4.39 Å². The number of nitrogens with zero attached hydrogens (tertiary/aromatic N) is 2. The van der Waals surface area contributed by atoms with Gasteiger partial charge in [0.15, 0.2) is 0 Å². The molecule has 8 heteroatoms. The van der Waals surface area contributed by atoms with Gasteiger partial charge in [0, 0.05) is 45.4 Å². The molecule has 2 rings (SSSR count). The zero-order valence-electron chi connectivity index (χ0n) is 17.6. The first kappa shape index (κ1) is 23.7. The van der Waals surface area contributed by atoms with Crippen molar-refractivity contribution in [1.82, 2.24) is 9.80 Å². The average Bonchev–Trinajstić information content (AvgIpc) is 2.69. The lowest BCUT2D eigenvalue weighted by Crippen LogP contribution is -2.51. The molecule has 0 bridgehead atoms. The van der Waals surface area contributed by atoms with E-state index in [9.17, 15) is 14.3 Å². The zero-order chi connectivity index (χ0) is 21.2. The van der Waals surface area contributed by atoms with Crippen LogP contribution in [0.4, 0.5) is 4.39 Å². The molecule has 0 spiro atoms. The molecule has 1 fully saturated rings. The van der Waals surface area contributed by atoms with Crippen LogP contribution in [-0.4, -0.2) is 98.8 Å². The van der Waals surface area contributed by atoms with E-state index < -0.39 is 11.9 Å². The molecule has 1 N–H and O–H groups in total. The molecule has 2 atom stereocenters. The monoisotopic (exact) mass is 412 g/mol. The molecule has 29 heavy (non-hydrogen) atoms. The lowest BCUT2D eigenvalue weighted by molar-refractivity contribution is -0.0634. The van der Waals surface area contributed by atoms with Crippen molar-refractivity contribution in [2.75, 3.05) is 59.7 Å². The van der Waals surface area contributed by atoms with Gasteiger partial charge in [-0.2, -0.15) is 0 Å². The van der Waals surface area contributed by atoms with Gasteiger partial charge in [0.2, 0.25) is 0 Å². The third-order valence-electron chi connectivity index (χ3n) is 4.66. The van der Waals surface area contributed by atoms with Crippen molar-refractivity contribution in [3.05, 3.63) is 35.6 Å². The van der Waals surface area contributed by atoms with Crippen LogP contribution >= 0.6 is 0 Å². The number of carbonyl (C=O) groups excluding carboxylic acids is 1. The van der Waals surface area contributed by atoms with Crippen LogP contribution in [0.25, 0.3) is 0 Å². The van der Waals surface area contributed by atoms with E-state index in [-0.39, 0.29) is 24.7 Å². The normalized spacial score (nSPS) is 18.8. The number of morpholine rings is 1. The summed E-state index contributed by atoms with van der Waals surface area (Å²) in [5.74, 6) is -0.701. The van der Waals surface area contributed by atoms with E-state index in [2.05, 4.69) is 4.90 Å². The first-order chi connectivity index (χ1) is 13.9. The molecule has 2 unspecified atom stereocenters. The Hall–Kier alpha value is -1.58. The number of aliphatic hydroxyl groups excluding tert-OH is 1. The second-order valence-electron chi connectivity index (χ2n) is 7.54. The number of amides is 1. The Labute approximate surface area is 172 Å². The van der Waals surface area contributed by atoms with Crippen molar-refractivity contribution < 1.29 is 28.5 Å². The highest BCUT2D eigenvalue weighted by Gasteiger charge is 2.26. The van der Waals surface area contributed by atoms with Crippen molar-refractivity contribution in [1.29, 1.82) is 0 Å². The van der Waals surface area contributed by atoms with Gasteiger partial charge in [-0.1, -0.05) is 6.07 Å². The van der Waals surface area contributed by atoms with Crippen LogP contribution in [0.5, 0.6) is 0 Å². The molecule has 1 aliphatic rings. The molecular weight excluding hydrogens is 379 g/mol. The SMILES string of the molecule is COCCN(CC1CN(CC(O)COC(C)C)CCO1)C(=O)c1cccc(F)c1. The van der Waals surface area contributed by atoms with Crippen LogP contribution in [0.1, 0.15) is 24.2 Å². The first-order valence-corrected chi connectivity index (χ1v) is 10.1. The quantitative estimate of drug-likeness (QED) is 0.593. The van der Waals surface area contributed by atoms with Gasteiger partial charge in [0.25, 0.3) is 5.91 Å². The number of ether oxygens (including phenoxy) is 3. The second kappa shape index (κ2) is 12.2. The van der Waals surface area contributed by atoms with Crippen LogP contribution in [0, 0.1) is 5.82 Å². The number of rotatable bonds is 11. The second-order valence-corrected chi connectivity index (χ2v) is 7.54. The maximum Gasteiger partial charge on any atom is 0.254 e. The van der Waals surface area contributed by atoms with Gasteiger partial charge < -0.3 is 24.2 Å². The van der Waals surface area contributed by atoms with Crippen molar-refractivity contribution in [2.24, 2.45) is 0 Å². The van der Waals surface area contributed by atoms with Crippen molar-refractivity contribution in [2.45, 2.75) is 32.2 Å². The molecule has 1 aromatic carbocycles. The Morgan fingerprint density at radius 2 is 2.24 bits per heavy atom. The minimum Gasteiger partial charge on any atom is -0.389 e. The van der Waals surface area contributed by atoms with E-state index in [1.165, 1.54) is 18.2 Å². The summed E-state index contributed by atoms with van der Waals surface area (Å²) >= 11 is 0. The summed E-state index contributed by atoms with van der Waals surface area (Å²) < 4.78 is 30.0. The Bertz CT molecular complexity index is 631.